The molecule has 0 saturated carbocycles. The van der Waals surface area contributed by atoms with Crippen LogP contribution in [0.2, 0.25) is 0 Å². The van der Waals surface area contributed by atoms with Gasteiger partial charge in [-0.3, -0.25) is 9.63 Å². The molecule has 2 saturated heterocycles. The highest BCUT2D eigenvalue weighted by molar-refractivity contribution is 7.80. The van der Waals surface area contributed by atoms with Gasteiger partial charge in [0.15, 0.2) is 0 Å². The quantitative estimate of drug-likeness (QED) is 0.415. The Balaban J connectivity index is 1.63. The molecule has 2 atom stereocenters. The van der Waals surface area contributed by atoms with E-state index < -0.39 is 65.5 Å². The molecule has 2 aromatic rings. The van der Waals surface area contributed by atoms with E-state index in [9.17, 15) is 44.3 Å². The number of pyridine rings is 1. The summed E-state index contributed by atoms with van der Waals surface area (Å²) in [6.45, 7) is -1.29. The molecule has 0 radical (unpaired) electrons. The number of carbonyl (C=O) groups excluding carboxylic acids is 1. The van der Waals surface area contributed by atoms with Crippen molar-refractivity contribution in [2.24, 2.45) is 0 Å². The molecule has 0 spiro atoms. The maximum Gasteiger partial charge on any atom is 0.416 e. The molecule has 2 aliphatic heterocycles. The number of hydrogen-bond acceptors (Lipinski definition) is 5. The van der Waals surface area contributed by atoms with Crippen LogP contribution in [-0.2, 0) is 27.4 Å². The molecule has 206 valence electrons. The monoisotopic (exact) mass is 572 g/mol. The van der Waals surface area contributed by atoms with Crippen LogP contribution in [0.3, 0.4) is 0 Å². The molecule has 0 aliphatic carbocycles. The largest absolute Gasteiger partial charge is 0.416 e. The van der Waals surface area contributed by atoms with Gasteiger partial charge in [-0.25, -0.2) is 10.5 Å². The summed E-state index contributed by atoms with van der Waals surface area (Å²) in [5.74, 6) is -0.451. The van der Waals surface area contributed by atoms with E-state index in [1.54, 1.807) is 0 Å². The lowest BCUT2D eigenvalue weighted by molar-refractivity contribution is -0.185. The molecular formula is C22H17F9N4O2S. The maximum absolute atomic E-state index is 14.4. The number of nitrogens with zero attached hydrogens (tertiary/aromatic N) is 2. The van der Waals surface area contributed by atoms with Gasteiger partial charge in [-0.1, -0.05) is 12.2 Å². The number of aromatic nitrogens is 1. The van der Waals surface area contributed by atoms with Crippen LogP contribution in [0.1, 0.15) is 28.7 Å². The summed E-state index contributed by atoms with van der Waals surface area (Å²) in [6.07, 6.45) is -15.3. The van der Waals surface area contributed by atoms with Gasteiger partial charge in [0, 0.05) is 24.8 Å². The van der Waals surface area contributed by atoms with Crippen molar-refractivity contribution >= 4 is 28.9 Å². The lowest BCUT2D eigenvalue weighted by Crippen LogP contribution is -2.45. The maximum atomic E-state index is 14.4. The molecule has 2 aliphatic rings. The fourth-order valence-corrected chi connectivity index (χ4v) is 4.53. The predicted molar refractivity (Wildman–Crippen MR) is 118 cm³/mol. The number of hydrogen-bond donors (Lipinski definition) is 2. The highest BCUT2D eigenvalue weighted by Gasteiger charge is 2.60. The van der Waals surface area contributed by atoms with Gasteiger partial charge in [0.2, 0.25) is 0 Å². The number of alkyl halides is 9. The molecule has 1 amide bonds. The SMILES string of the molecule is O=C1NOCC1NC(=S)c1ccc(N2CCC(c3cc(C(F)(F)F)cc(C(F)(F)F)c3)(C(F)(F)F)C2)nc1. The van der Waals surface area contributed by atoms with Crippen molar-refractivity contribution in [3.05, 3.63) is 58.8 Å². The standard InChI is InChI=1S/C22H17F9N4O2S/c23-20(24,25)13-5-12(6-14(7-13)21(26,27)28)19(22(29,30)31)3-4-35(10-19)16-2-1-11(8-32-16)18(38)33-15-9-37-34-17(15)36/h1-2,5-8,15H,3-4,9-10H2,(H,33,38)(H,34,36). The number of anilines is 1. The van der Waals surface area contributed by atoms with Crippen molar-refractivity contribution in [3.8, 4) is 0 Å². The van der Waals surface area contributed by atoms with Crippen molar-refractivity contribution in [2.75, 3.05) is 24.6 Å². The fourth-order valence-electron chi connectivity index (χ4n) is 4.27. The minimum Gasteiger partial charge on any atom is -0.362 e. The van der Waals surface area contributed by atoms with E-state index in [1.165, 1.54) is 18.3 Å². The van der Waals surface area contributed by atoms with Crippen LogP contribution in [0, 0.1) is 0 Å². The normalized spacial score (nSPS) is 22.5. The van der Waals surface area contributed by atoms with Crippen molar-refractivity contribution in [1.82, 2.24) is 15.8 Å². The second-order valence-corrected chi connectivity index (χ2v) is 9.16. The van der Waals surface area contributed by atoms with Crippen LogP contribution >= 0.6 is 12.2 Å². The summed E-state index contributed by atoms with van der Waals surface area (Å²) in [7, 11) is 0. The van der Waals surface area contributed by atoms with Crippen molar-refractivity contribution < 1.29 is 49.1 Å². The highest BCUT2D eigenvalue weighted by Crippen LogP contribution is 2.50. The Kier molecular flexibility index (Phi) is 7.01. The average molecular weight is 572 g/mol. The van der Waals surface area contributed by atoms with Gasteiger partial charge >= 0.3 is 18.5 Å². The first kappa shape index (κ1) is 27.9. The summed E-state index contributed by atoms with van der Waals surface area (Å²) in [5.41, 5.74) is -5.35. The zero-order valence-corrected chi connectivity index (χ0v) is 19.7. The van der Waals surface area contributed by atoms with Crippen LogP contribution in [0.4, 0.5) is 45.3 Å². The van der Waals surface area contributed by atoms with E-state index in [2.05, 4.69) is 15.8 Å². The number of rotatable bonds is 4. The molecule has 2 fully saturated rings. The molecule has 1 aromatic carbocycles. The van der Waals surface area contributed by atoms with Crippen LogP contribution in [-0.4, -0.2) is 47.8 Å². The van der Waals surface area contributed by atoms with Gasteiger partial charge < -0.3 is 10.2 Å². The van der Waals surface area contributed by atoms with Crippen molar-refractivity contribution in [3.63, 3.8) is 0 Å². The van der Waals surface area contributed by atoms with Crippen LogP contribution in [0.5, 0.6) is 0 Å². The minimum absolute atomic E-state index is 0.00335. The van der Waals surface area contributed by atoms with Crippen LogP contribution in [0.25, 0.3) is 0 Å². The predicted octanol–water partition coefficient (Wildman–Crippen LogP) is 4.52. The number of thiocarbonyl (C=S) groups is 1. The number of hydroxylamine groups is 1. The van der Waals surface area contributed by atoms with E-state index in [0.29, 0.717) is 5.56 Å². The summed E-state index contributed by atoms with van der Waals surface area (Å²) in [4.78, 5) is 21.6. The average Bonchev–Trinajstić information content (AvgIpc) is 3.45. The molecule has 16 heteroatoms. The Labute approximate surface area is 214 Å². The smallest absolute Gasteiger partial charge is 0.362 e. The number of carbonyl (C=O) groups is 1. The van der Waals surface area contributed by atoms with Crippen molar-refractivity contribution in [2.45, 2.75) is 36.4 Å². The molecule has 6 nitrogen and oxygen atoms in total. The van der Waals surface area contributed by atoms with Crippen molar-refractivity contribution in [1.29, 1.82) is 0 Å². The number of halogens is 9. The first-order chi connectivity index (χ1) is 17.5. The Morgan fingerprint density at radius 2 is 1.68 bits per heavy atom. The summed E-state index contributed by atoms with van der Waals surface area (Å²) in [6, 6.07) is 1.99. The second kappa shape index (κ2) is 9.55. The van der Waals surface area contributed by atoms with Gasteiger partial charge in [0.25, 0.3) is 5.91 Å². The van der Waals surface area contributed by atoms with E-state index in [4.69, 9.17) is 17.1 Å². The lowest BCUT2D eigenvalue weighted by Gasteiger charge is -2.33. The summed E-state index contributed by atoms with van der Waals surface area (Å²) >= 11 is 5.19. The molecule has 38 heavy (non-hydrogen) atoms. The zero-order chi connectivity index (χ0) is 28.1. The van der Waals surface area contributed by atoms with Crippen LogP contribution in [0.15, 0.2) is 36.5 Å². The summed E-state index contributed by atoms with van der Waals surface area (Å²) in [5, 5.41) is 2.73. The molecule has 0 bridgehead atoms. The number of amides is 1. The molecule has 2 unspecified atom stereocenters. The first-order valence-corrected chi connectivity index (χ1v) is 11.2. The highest BCUT2D eigenvalue weighted by atomic mass is 32.1. The Morgan fingerprint density at radius 3 is 2.16 bits per heavy atom. The van der Waals surface area contributed by atoms with Gasteiger partial charge in [0.1, 0.15) is 28.9 Å². The molecule has 2 N–H and O–H groups in total. The summed E-state index contributed by atoms with van der Waals surface area (Å²) < 4.78 is 123. The third-order valence-corrected chi connectivity index (χ3v) is 6.68. The van der Waals surface area contributed by atoms with E-state index in [0.717, 1.165) is 4.90 Å². The Bertz CT molecular complexity index is 1200. The zero-order valence-electron chi connectivity index (χ0n) is 18.9. The minimum atomic E-state index is -5.30. The topological polar surface area (TPSA) is 66.5 Å². The molecule has 4 rings (SSSR count). The first-order valence-electron chi connectivity index (χ1n) is 10.8. The Hall–Kier alpha value is -3.14. The third kappa shape index (κ3) is 5.36. The van der Waals surface area contributed by atoms with Gasteiger partial charge in [-0.15, -0.1) is 0 Å². The molecular weight excluding hydrogens is 555 g/mol. The molecule has 3 heterocycles. The van der Waals surface area contributed by atoms with Gasteiger partial charge in [0.05, 0.1) is 11.1 Å². The lowest BCUT2D eigenvalue weighted by atomic mass is 9.77. The number of nitrogens with one attached hydrogen (secondary N) is 2. The van der Waals surface area contributed by atoms with E-state index >= 15 is 0 Å². The fraction of sp³-hybridized carbons (Fsp3) is 0.409. The van der Waals surface area contributed by atoms with Gasteiger partial charge in [-0.2, -0.15) is 39.5 Å². The van der Waals surface area contributed by atoms with Gasteiger partial charge in [-0.05, 0) is 42.3 Å². The van der Waals surface area contributed by atoms with Crippen LogP contribution < -0.4 is 15.7 Å². The molecule has 1 aromatic heterocycles. The van der Waals surface area contributed by atoms with E-state index in [1.807, 2.05) is 0 Å². The number of benzene rings is 1. The second-order valence-electron chi connectivity index (χ2n) is 8.75. The third-order valence-electron chi connectivity index (χ3n) is 6.33. The Morgan fingerprint density at radius 1 is 1.05 bits per heavy atom. The van der Waals surface area contributed by atoms with E-state index in [-0.39, 0.29) is 42.2 Å².